The first kappa shape index (κ1) is 16.3. The fraction of sp³-hybridized carbons (Fsp3) is 0.444. The number of para-hydroxylation sites is 1. The smallest absolute Gasteiger partial charge is 0.313 e. The highest BCUT2D eigenvalue weighted by Gasteiger charge is 2.20. The number of rotatable bonds is 5. The first-order valence-corrected chi connectivity index (χ1v) is 7.74. The van der Waals surface area contributed by atoms with Crippen LogP contribution in [0.3, 0.4) is 0 Å². The number of aryl methyl sites for hydroxylation is 1. The molecule has 0 fully saturated rings. The van der Waals surface area contributed by atoms with Gasteiger partial charge in [0.2, 0.25) is 5.88 Å². The molecule has 2 rings (SSSR count). The molecule has 0 radical (unpaired) electrons. The molecule has 1 heterocycles. The summed E-state index contributed by atoms with van der Waals surface area (Å²) in [5.74, 6) is 0.261. The average molecular weight is 300 g/mol. The van der Waals surface area contributed by atoms with E-state index in [2.05, 4.69) is 12.0 Å². The van der Waals surface area contributed by atoms with Gasteiger partial charge in [0.25, 0.3) is 0 Å². The van der Waals surface area contributed by atoms with E-state index >= 15 is 0 Å². The summed E-state index contributed by atoms with van der Waals surface area (Å²) in [6, 6.07) is 11.6. The SMILES string of the molecule is CCCc1cc(OC(=O)CC(C)(C)C)n(-c2ccccc2)n1. The lowest BCUT2D eigenvalue weighted by Gasteiger charge is -2.16. The minimum atomic E-state index is -0.229. The van der Waals surface area contributed by atoms with E-state index in [0.717, 1.165) is 24.2 Å². The fourth-order valence-corrected chi connectivity index (χ4v) is 2.20. The molecule has 0 saturated heterocycles. The number of nitrogens with zero attached hydrogens (tertiary/aromatic N) is 2. The molecule has 0 spiro atoms. The van der Waals surface area contributed by atoms with Gasteiger partial charge < -0.3 is 4.74 Å². The van der Waals surface area contributed by atoms with E-state index < -0.39 is 0 Å². The second-order valence-electron chi connectivity index (χ2n) is 6.68. The topological polar surface area (TPSA) is 44.1 Å². The normalized spacial score (nSPS) is 11.5. The number of hydrogen-bond donors (Lipinski definition) is 0. The second-order valence-corrected chi connectivity index (χ2v) is 6.68. The number of carbonyl (C=O) groups is 1. The molecule has 1 aromatic carbocycles. The van der Waals surface area contributed by atoms with Gasteiger partial charge in [-0.05, 0) is 24.0 Å². The number of benzene rings is 1. The molecule has 0 bridgehead atoms. The molecule has 22 heavy (non-hydrogen) atoms. The van der Waals surface area contributed by atoms with Crippen LogP contribution in [0.4, 0.5) is 0 Å². The van der Waals surface area contributed by atoms with E-state index in [1.807, 2.05) is 57.2 Å². The molecule has 0 aliphatic carbocycles. The Kier molecular flexibility index (Phi) is 5.01. The lowest BCUT2D eigenvalue weighted by atomic mass is 9.92. The largest absolute Gasteiger partial charge is 0.407 e. The third kappa shape index (κ3) is 4.45. The molecule has 4 nitrogen and oxygen atoms in total. The summed E-state index contributed by atoms with van der Waals surface area (Å²) in [4.78, 5) is 12.1. The Morgan fingerprint density at radius 3 is 2.50 bits per heavy atom. The Morgan fingerprint density at radius 2 is 1.91 bits per heavy atom. The van der Waals surface area contributed by atoms with Crippen LogP contribution < -0.4 is 4.74 Å². The van der Waals surface area contributed by atoms with Gasteiger partial charge in [-0.15, -0.1) is 0 Å². The summed E-state index contributed by atoms with van der Waals surface area (Å²) >= 11 is 0. The van der Waals surface area contributed by atoms with E-state index in [4.69, 9.17) is 4.74 Å². The third-order valence-corrected chi connectivity index (χ3v) is 3.13. The summed E-state index contributed by atoms with van der Waals surface area (Å²) in [7, 11) is 0. The lowest BCUT2D eigenvalue weighted by Crippen LogP contribution is -2.18. The second kappa shape index (κ2) is 6.77. The maximum atomic E-state index is 12.1. The van der Waals surface area contributed by atoms with Gasteiger partial charge in [0.15, 0.2) is 0 Å². The van der Waals surface area contributed by atoms with Crippen LogP contribution in [-0.4, -0.2) is 15.7 Å². The van der Waals surface area contributed by atoms with Crippen molar-refractivity contribution < 1.29 is 9.53 Å². The highest BCUT2D eigenvalue weighted by molar-refractivity contribution is 5.72. The molecule has 2 aromatic rings. The van der Waals surface area contributed by atoms with Crippen LogP contribution in [0, 0.1) is 5.41 Å². The van der Waals surface area contributed by atoms with Gasteiger partial charge in [-0.3, -0.25) is 4.79 Å². The van der Waals surface area contributed by atoms with Crippen molar-refractivity contribution in [3.63, 3.8) is 0 Å². The summed E-state index contributed by atoms with van der Waals surface area (Å²) < 4.78 is 7.26. The van der Waals surface area contributed by atoms with Gasteiger partial charge in [-0.25, -0.2) is 4.68 Å². The number of ether oxygens (including phenoxy) is 1. The minimum absolute atomic E-state index is 0.0963. The molecule has 0 aliphatic heterocycles. The molecule has 0 unspecified atom stereocenters. The molecule has 1 aromatic heterocycles. The van der Waals surface area contributed by atoms with E-state index in [-0.39, 0.29) is 11.4 Å². The Labute approximate surface area is 132 Å². The molecule has 0 saturated carbocycles. The number of esters is 1. The van der Waals surface area contributed by atoms with Crippen molar-refractivity contribution in [2.75, 3.05) is 0 Å². The Balaban J connectivity index is 2.27. The molecule has 0 aliphatic rings. The summed E-state index contributed by atoms with van der Waals surface area (Å²) in [5.41, 5.74) is 1.73. The van der Waals surface area contributed by atoms with Gasteiger partial charge in [-0.2, -0.15) is 5.10 Å². The molecule has 4 heteroatoms. The van der Waals surface area contributed by atoms with Crippen molar-refractivity contribution in [2.24, 2.45) is 5.41 Å². The first-order chi connectivity index (χ1) is 10.4. The number of carbonyl (C=O) groups excluding carboxylic acids is 1. The Morgan fingerprint density at radius 1 is 1.23 bits per heavy atom. The van der Waals surface area contributed by atoms with Crippen LogP contribution in [0.5, 0.6) is 5.88 Å². The van der Waals surface area contributed by atoms with E-state index in [1.54, 1.807) is 4.68 Å². The lowest BCUT2D eigenvalue weighted by molar-refractivity contribution is -0.136. The Bertz CT molecular complexity index is 624. The minimum Gasteiger partial charge on any atom is -0.407 e. The molecular formula is C18H24N2O2. The van der Waals surface area contributed by atoms with E-state index in [9.17, 15) is 4.79 Å². The van der Waals surface area contributed by atoms with Gasteiger partial charge in [0.1, 0.15) is 0 Å². The van der Waals surface area contributed by atoms with Crippen LogP contribution in [0.15, 0.2) is 36.4 Å². The average Bonchev–Trinajstić information content (AvgIpc) is 2.80. The van der Waals surface area contributed by atoms with Crippen LogP contribution in [0.2, 0.25) is 0 Å². The number of hydrogen-bond acceptors (Lipinski definition) is 3. The fourth-order valence-electron chi connectivity index (χ4n) is 2.20. The molecule has 0 atom stereocenters. The van der Waals surface area contributed by atoms with Crippen LogP contribution in [0.25, 0.3) is 5.69 Å². The monoisotopic (exact) mass is 300 g/mol. The predicted molar refractivity (Wildman–Crippen MR) is 87.3 cm³/mol. The van der Waals surface area contributed by atoms with E-state index in [1.165, 1.54) is 0 Å². The number of aromatic nitrogens is 2. The molecular weight excluding hydrogens is 276 g/mol. The Hall–Kier alpha value is -2.10. The maximum absolute atomic E-state index is 12.1. The highest BCUT2D eigenvalue weighted by atomic mass is 16.5. The summed E-state index contributed by atoms with van der Waals surface area (Å²) in [6.45, 7) is 8.16. The van der Waals surface area contributed by atoms with Crippen molar-refractivity contribution in [3.05, 3.63) is 42.1 Å². The van der Waals surface area contributed by atoms with Gasteiger partial charge >= 0.3 is 5.97 Å². The molecule has 0 amide bonds. The quantitative estimate of drug-likeness (QED) is 0.779. The maximum Gasteiger partial charge on any atom is 0.313 e. The van der Waals surface area contributed by atoms with Gasteiger partial charge in [-0.1, -0.05) is 52.3 Å². The molecule has 0 N–H and O–H groups in total. The van der Waals surface area contributed by atoms with E-state index in [0.29, 0.717) is 12.3 Å². The van der Waals surface area contributed by atoms with Crippen molar-refractivity contribution >= 4 is 5.97 Å². The van der Waals surface area contributed by atoms with Crippen LogP contribution >= 0.6 is 0 Å². The summed E-state index contributed by atoms with van der Waals surface area (Å²) in [5, 5.41) is 4.56. The third-order valence-electron chi connectivity index (χ3n) is 3.13. The van der Waals surface area contributed by atoms with Gasteiger partial charge in [0, 0.05) is 6.07 Å². The zero-order chi connectivity index (χ0) is 16.2. The van der Waals surface area contributed by atoms with Gasteiger partial charge in [0.05, 0.1) is 17.8 Å². The zero-order valence-corrected chi connectivity index (χ0v) is 13.8. The van der Waals surface area contributed by atoms with Crippen molar-refractivity contribution in [1.29, 1.82) is 0 Å². The molecule has 118 valence electrons. The standard InChI is InChI=1S/C18H24N2O2/c1-5-9-14-12-16(22-17(21)13-18(2,3)4)20(19-14)15-10-7-6-8-11-15/h6-8,10-12H,5,9,13H2,1-4H3. The van der Waals surface area contributed by atoms with Crippen molar-refractivity contribution in [3.8, 4) is 11.6 Å². The summed E-state index contributed by atoms with van der Waals surface area (Å²) in [6.07, 6.45) is 2.24. The van der Waals surface area contributed by atoms with Crippen molar-refractivity contribution in [1.82, 2.24) is 9.78 Å². The highest BCUT2D eigenvalue weighted by Crippen LogP contribution is 2.23. The van der Waals surface area contributed by atoms with Crippen molar-refractivity contribution in [2.45, 2.75) is 47.0 Å². The predicted octanol–water partition coefficient (Wildman–Crippen LogP) is 4.17. The van der Waals surface area contributed by atoms with Crippen LogP contribution in [-0.2, 0) is 11.2 Å². The first-order valence-electron chi connectivity index (χ1n) is 7.74. The zero-order valence-electron chi connectivity index (χ0n) is 13.8. The van der Waals surface area contributed by atoms with Crippen LogP contribution in [0.1, 0.15) is 46.2 Å².